The molecule has 31 heavy (non-hydrogen) atoms. The lowest BCUT2D eigenvalue weighted by Crippen LogP contribution is -2.31. The number of hydrogen-bond donors (Lipinski definition) is 1. The Morgan fingerprint density at radius 1 is 1.06 bits per heavy atom. The van der Waals surface area contributed by atoms with E-state index < -0.39 is 17.7 Å². The second kappa shape index (κ2) is 8.78. The molecule has 1 N–H and O–H groups in total. The van der Waals surface area contributed by atoms with Gasteiger partial charge in [-0.25, -0.2) is 4.98 Å². The zero-order chi connectivity index (χ0) is 22.0. The summed E-state index contributed by atoms with van der Waals surface area (Å²) in [6.07, 6.45) is 5.89. The number of Topliss-reactive ketones (excluding diaryl/α,β-unsaturated/α-hetero) is 1. The molecule has 1 fully saturated rings. The first-order valence-electron chi connectivity index (χ1n) is 10.0. The summed E-state index contributed by atoms with van der Waals surface area (Å²) in [7, 11) is 0. The Kier molecular flexibility index (Phi) is 5.91. The molecule has 1 amide bonds. The van der Waals surface area contributed by atoms with Crippen molar-refractivity contribution < 1.29 is 14.7 Å². The number of aliphatic hydroxyl groups is 1. The molecule has 2 aromatic carbocycles. The van der Waals surface area contributed by atoms with E-state index in [1.54, 1.807) is 48.9 Å². The molecule has 0 aliphatic carbocycles. The zero-order valence-electron chi connectivity index (χ0n) is 17.0. The second-order valence-corrected chi connectivity index (χ2v) is 8.00. The molecule has 0 spiro atoms. The SMILES string of the molecule is Cc1ccc(/C(O)=C2\C(=O)C(=O)N(CCCn3ccnc3)[C@H]2c2ccc(Cl)cc2)cc1. The summed E-state index contributed by atoms with van der Waals surface area (Å²) in [5, 5.41) is 11.6. The molecule has 1 aliphatic rings. The van der Waals surface area contributed by atoms with E-state index in [-0.39, 0.29) is 11.3 Å². The molecule has 2 heterocycles. The molecule has 0 bridgehead atoms. The summed E-state index contributed by atoms with van der Waals surface area (Å²) in [5.41, 5.74) is 2.35. The molecule has 4 rings (SSSR count). The van der Waals surface area contributed by atoms with E-state index in [1.165, 1.54) is 4.90 Å². The van der Waals surface area contributed by atoms with Crippen LogP contribution in [0.3, 0.4) is 0 Å². The lowest BCUT2D eigenvalue weighted by atomic mass is 9.95. The number of imidazole rings is 1. The highest BCUT2D eigenvalue weighted by molar-refractivity contribution is 6.46. The van der Waals surface area contributed by atoms with Gasteiger partial charge >= 0.3 is 0 Å². The van der Waals surface area contributed by atoms with Crippen LogP contribution < -0.4 is 0 Å². The molecular weight excluding hydrogens is 414 g/mol. The maximum absolute atomic E-state index is 13.0. The number of likely N-dealkylation sites (tertiary alicyclic amines) is 1. The fourth-order valence-corrected chi connectivity index (χ4v) is 3.94. The van der Waals surface area contributed by atoms with E-state index in [1.807, 2.05) is 29.8 Å². The molecule has 158 valence electrons. The minimum Gasteiger partial charge on any atom is -0.507 e. The van der Waals surface area contributed by atoms with Crippen LogP contribution in [0.25, 0.3) is 5.76 Å². The van der Waals surface area contributed by atoms with Crippen molar-refractivity contribution in [3.8, 4) is 0 Å². The summed E-state index contributed by atoms with van der Waals surface area (Å²) in [4.78, 5) is 31.5. The van der Waals surface area contributed by atoms with E-state index in [0.29, 0.717) is 30.1 Å². The van der Waals surface area contributed by atoms with Gasteiger partial charge in [0.05, 0.1) is 17.9 Å². The maximum atomic E-state index is 13.0. The largest absolute Gasteiger partial charge is 0.507 e. The number of nitrogens with zero attached hydrogens (tertiary/aromatic N) is 3. The lowest BCUT2D eigenvalue weighted by Gasteiger charge is -2.25. The van der Waals surface area contributed by atoms with Crippen LogP contribution >= 0.6 is 11.6 Å². The van der Waals surface area contributed by atoms with Crippen LogP contribution in [0.4, 0.5) is 0 Å². The third-order valence-corrected chi connectivity index (χ3v) is 5.68. The minimum absolute atomic E-state index is 0.0961. The fourth-order valence-electron chi connectivity index (χ4n) is 3.81. The summed E-state index contributed by atoms with van der Waals surface area (Å²) < 4.78 is 1.92. The molecule has 1 saturated heterocycles. The van der Waals surface area contributed by atoms with Gasteiger partial charge in [0, 0.05) is 36.1 Å². The van der Waals surface area contributed by atoms with Crippen molar-refractivity contribution in [1.29, 1.82) is 0 Å². The van der Waals surface area contributed by atoms with E-state index in [4.69, 9.17) is 11.6 Å². The average molecular weight is 436 g/mol. The van der Waals surface area contributed by atoms with Crippen molar-refractivity contribution in [3.05, 3.63) is 94.5 Å². The maximum Gasteiger partial charge on any atom is 0.295 e. The van der Waals surface area contributed by atoms with Crippen LogP contribution in [0.1, 0.15) is 29.2 Å². The number of aromatic nitrogens is 2. The van der Waals surface area contributed by atoms with Crippen molar-refractivity contribution in [1.82, 2.24) is 14.5 Å². The Morgan fingerprint density at radius 3 is 2.42 bits per heavy atom. The lowest BCUT2D eigenvalue weighted by molar-refractivity contribution is -0.139. The van der Waals surface area contributed by atoms with Crippen LogP contribution in [-0.4, -0.2) is 37.8 Å². The van der Waals surface area contributed by atoms with Crippen LogP contribution in [-0.2, 0) is 16.1 Å². The summed E-state index contributed by atoms with van der Waals surface area (Å²) >= 11 is 6.04. The average Bonchev–Trinajstić information content (AvgIpc) is 3.37. The number of benzene rings is 2. The normalized spacial score (nSPS) is 18.0. The van der Waals surface area contributed by atoms with Gasteiger partial charge in [-0.05, 0) is 31.0 Å². The Bertz CT molecular complexity index is 1120. The monoisotopic (exact) mass is 435 g/mol. The van der Waals surface area contributed by atoms with Gasteiger partial charge in [-0.15, -0.1) is 0 Å². The Balaban J connectivity index is 1.72. The van der Waals surface area contributed by atoms with Gasteiger partial charge < -0.3 is 14.6 Å². The second-order valence-electron chi connectivity index (χ2n) is 7.56. The highest BCUT2D eigenvalue weighted by Gasteiger charge is 2.45. The Morgan fingerprint density at radius 2 is 1.77 bits per heavy atom. The van der Waals surface area contributed by atoms with Gasteiger partial charge in [-0.1, -0.05) is 53.6 Å². The number of aryl methyl sites for hydroxylation is 2. The van der Waals surface area contributed by atoms with Crippen LogP contribution in [0.5, 0.6) is 0 Å². The topological polar surface area (TPSA) is 75.4 Å². The number of amides is 1. The molecule has 7 heteroatoms. The molecule has 0 saturated carbocycles. The summed E-state index contributed by atoms with van der Waals surface area (Å²) in [6, 6.07) is 13.5. The fraction of sp³-hybridized carbons (Fsp3) is 0.208. The van der Waals surface area contributed by atoms with Crippen LogP contribution in [0.2, 0.25) is 5.02 Å². The van der Waals surface area contributed by atoms with E-state index >= 15 is 0 Å². The highest BCUT2D eigenvalue weighted by atomic mass is 35.5. The number of hydrogen-bond acceptors (Lipinski definition) is 4. The first kappa shape index (κ1) is 20.9. The van der Waals surface area contributed by atoms with Crippen LogP contribution in [0.15, 0.2) is 72.8 Å². The quantitative estimate of drug-likeness (QED) is 0.354. The molecule has 0 unspecified atom stereocenters. The summed E-state index contributed by atoms with van der Waals surface area (Å²) in [6.45, 7) is 2.96. The van der Waals surface area contributed by atoms with Crippen molar-refractivity contribution in [2.45, 2.75) is 25.9 Å². The zero-order valence-corrected chi connectivity index (χ0v) is 17.8. The molecule has 1 atom stereocenters. The molecule has 1 aromatic heterocycles. The van der Waals surface area contributed by atoms with Gasteiger partial charge in [0.2, 0.25) is 0 Å². The standard InChI is InChI=1S/C24H22ClN3O3/c1-16-3-5-18(6-4-16)22(29)20-21(17-7-9-19(25)10-8-17)28(24(31)23(20)30)13-2-12-27-14-11-26-15-27/h3-11,14-15,21,29H,2,12-13H2,1H3/b22-20+/t21-/m0/s1. The number of aliphatic hydroxyl groups excluding tert-OH is 1. The molecule has 0 radical (unpaired) electrons. The van der Waals surface area contributed by atoms with E-state index in [9.17, 15) is 14.7 Å². The van der Waals surface area contributed by atoms with Crippen molar-refractivity contribution in [2.75, 3.05) is 6.54 Å². The van der Waals surface area contributed by atoms with Crippen molar-refractivity contribution in [3.63, 3.8) is 0 Å². The predicted molar refractivity (Wildman–Crippen MR) is 118 cm³/mol. The van der Waals surface area contributed by atoms with Gasteiger partial charge in [0.1, 0.15) is 5.76 Å². The number of rotatable bonds is 6. The first-order valence-corrected chi connectivity index (χ1v) is 10.4. The van der Waals surface area contributed by atoms with Crippen LogP contribution in [0, 0.1) is 6.92 Å². The molecule has 6 nitrogen and oxygen atoms in total. The third-order valence-electron chi connectivity index (χ3n) is 5.43. The number of carbonyl (C=O) groups excluding carboxylic acids is 2. The smallest absolute Gasteiger partial charge is 0.295 e. The molecule has 1 aliphatic heterocycles. The van der Waals surface area contributed by atoms with Crippen molar-refractivity contribution >= 4 is 29.1 Å². The van der Waals surface area contributed by atoms with Gasteiger partial charge in [0.25, 0.3) is 11.7 Å². The summed E-state index contributed by atoms with van der Waals surface area (Å²) in [5.74, 6) is -1.46. The number of carbonyl (C=O) groups is 2. The highest BCUT2D eigenvalue weighted by Crippen LogP contribution is 2.39. The minimum atomic E-state index is -0.680. The Hall–Kier alpha value is -3.38. The number of ketones is 1. The van der Waals surface area contributed by atoms with Gasteiger partial charge in [-0.3, -0.25) is 9.59 Å². The molecule has 3 aromatic rings. The Labute approximate surface area is 185 Å². The number of halogens is 1. The van der Waals surface area contributed by atoms with Gasteiger partial charge in [0.15, 0.2) is 0 Å². The third kappa shape index (κ3) is 4.25. The van der Waals surface area contributed by atoms with Gasteiger partial charge in [-0.2, -0.15) is 0 Å². The van der Waals surface area contributed by atoms with E-state index in [2.05, 4.69) is 4.98 Å². The van der Waals surface area contributed by atoms with Crippen molar-refractivity contribution in [2.24, 2.45) is 0 Å². The molecular formula is C24H22ClN3O3. The van der Waals surface area contributed by atoms with E-state index in [0.717, 1.165) is 11.1 Å². The predicted octanol–water partition coefficient (Wildman–Crippen LogP) is 4.36. The first-order chi connectivity index (χ1) is 15.0.